The zero-order chi connectivity index (χ0) is 12.1. The molecule has 1 aromatic carbocycles. The van der Waals surface area contributed by atoms with Gasteiger partial charge in [0.25, 0.3) is 0 Å². The molecule has 1 atom stereocenters. The van der Waals surface area contributed by atoms with Gasteiger partial charge in [0.2, 0.25) is 0 Å². The summed E-state index contributed by atoms with van der Waals surface area (Å²) in [7, 11) is 1.49. The summed E-state index contributed by atoms with van der Waals surface area (Å²) in [6.07, 6.45) is 0. The molecule has 0 radical (unpaired) electrons. The number of thioether (sulfide) groups is 1. The molecule has 0 aromatic heterocycles. The van der Waals surface area contributed by atoms with Crippen LogP contribution in [0.2, 0.25) is 0 Å². The van der Waals surface area contributed by atoms with Crippen molar-refractivity contribution in [3.8, 4) is 0 Å². The Morgan fingerprint density at radius 2 is 2.31 bits per heavy atom. The number of nitrogens with two attached hydrogens (primary N) is 1. The van der Waals surface area contributed by atoms with E-state index in [1.54, 1.807) is 6.07 Å². The van der Waals surface area contributed by atoms with E-state index in [-0.39, 0.29) is 6.61 Å². The molecule has 5 heteroatoms. The molecule has 0 bridgehead atoms. The van der Waals surface area contributed by atoms with Gasteiger partial charge in [-0.05, 0) is 24.6 Å². The Labute approximate surface area is 98.8 Å². The number of ether oxygens (including phenoxy) is 1. The lowest BCUT2D eigenvalue weighted by molar-refractivity contribution is -0.137. The summed E-state index contributed by atoms with van der Waals surface area (Å²) in [6, 6.07) is 5.48. The minimum atomic E-state index is -0.881. The van der Waals surface area contributed by atoms with E-state index in [0.29, 0.717) is 5.69 Å². The molecular formula is C11H15NO3S. The fourth-order valence-corrected chi connectivity index (χ4v) is 2.28. The van der Waals surface area contributed by atoms with Crippen molar-refractivity contribution in [3.05, 3.63) is 23.8 Å². The van der Waals surface area contributed by atoms with Gasteiger partial charge in [0, 0.05) is 17.7 Å². The standard InChI is InChI=1S/C11H15NO3S/c1-7-8(12)4-3-5-9(7)16-10(6-15-2)11(13)14/h3-5,10H,6,12H2,1-2H3,(H,13,14). The number of carbonyl (C=O) groups is 1. The van der Waals surface area contributed by atoms with E-state index in [1.165, 1.54) is 18.9 Å². The first-order chi connectivity index (χ1) is 7.56. The predicted molar refractivity (Wildman–Crippen MR) is 64.7 cm³/mol. The quantitative estimate of drug-likeness (QED) is 0.607. The molecule has 0 spiro atoms. The SMILES string of the molecule is COCC(Sc1cccc(N)c1C)C(=O)O. The highest BCUT2D eigenvalue weighted by Gasteiger charge is 2.19. The second-order valence-electron chi connectivity index (χ2n) is 3.37. The maximum absolute atomic E-state index is 11.0. The van der Waals surface area contributed by atoms with Crippen molar-refractivity contribution >= 4 is 23.4 Å². The molecule has 16 heavy (non-hydrogen) atoms. The van der Waals surface area contributed by atoms with Crippen LogP contribution in [0, 0.1) is 6.92 Å². The highest BCUT2D eigenvalue weighted by Crippen LogP contribution is 2.29. The van der Waals surface area contributed by atoms with Crippen molar-refractivity contribution in [3.63, 3.8) is 0 Å². The van der Waals surface area contributed by atoms with Gasteiger partial charge in [0.15, 0.2) is 0 Å². The third-order valence-electron chi connectivity index (χ3n) is 2.19. The lowest BCUT2D eigenvalue weighted by atomic mass is 10.2. The second kappa shape index (κ2) is 5.77. The number of hydrogen-bond acceptors (Lipinski definition) is 4. The van der Waals surface area contributed by atoms with Crippen molar-refractivity contribution in [2.45, 2.75) is 17.1 Å². The Morgan fingerprint density at radius 3 is 2.88 bits per heavy atom. The van der Waals surface area contributed by atoms with Crippen LogP contribution in [0.1, 0.15) is 5.56 Å². The normalized spacial score (nSPS) is 12.4. The molecule has 0 heterocycles. The molecule has 1 aromatic rings. The third kappa shape index (κ3) is 3.15. The molecule has 0 fully saturated rings. The molecule has 3 N–H and O–H groups in total. The van der Waals surface area contributed by atoms with Crippen LogP contribution in [0.4, 0.5) is 5.69 Å². The number of aliphatic carboxylic acids is 1. The smallest absolute Gasteiger partial charge is 0.319 e. The lowest BCUT2D eigenvalue weighted by Gasteiger charge is -2.13. The zero-order valence-electron chi connectivity index (χ0n) is 9.27. The Hall–Kier alpha value is -1.20. The molecule has 1 unspecified atom stereocenters. The van der Waals surface area contributed by atoms with E-state index in [1.807, 2.05) is 19.1 Å². The first-order valence-electron chi connectivity index (χ1n) is 4.79. The molecular weight excluding hydrogens is 226 g/mol. The van der Waals surface area contributed by atoms with Crippen molar-refractivity contribution < 1.29 is 14.6 Å². The van der Waals surface area contributed by atoms with Crippen molar-refractivity contribution in [2.24, 2.45) is 0 Å². The summed E-state index contributed by atoms with van der Waals surface area (Å²) in [5.41, 5.74) is 7.34. The summed E-state index contributed by atoms with van der Waals surface area (Å²) < 4.78 is 4.87. The van der Waals surface area contributed by atoms with E-state index >= 15 is 0 Å². The van der Waals surface area contributed by atoms with E-state index in [9.17, 15) is 4.79 Å². The molecule has 0 aliphatic carbocycles. The summed E-state index contributed by atoms with van der Waals surface area (Å²) in [4.78, 5) is 11.8. The largest absolute Gasteiger partial charge is 0.480 e. The molecule has 0 aliphatic rings. The molecule has 1 rings (SSSR count). The maximum Gasteiger partial charge on any atom is 0.319 e. The third-order valence-corrected chi connectivity index (χ3v) is 3.51. The summed E-state index contributed by atoms with van der Waals surface area (Å²) in [5, 5.41) is 8.39. The first-order valence-corrected chi connectivity index (χ1v) is 5.67. The first kappa shape index (κ1) is 12.9. The lowest BCUT2D eigenvalue weighted by Crippen LogP contribution is -2.21. The Kier molecular flexibility index (Phi) is 4.64. The van der Waals surface area contributed by atoms with Gasteiger partial charge in [-0.3, -0.25) is 4.79 Å². The van der Waals surface area contributed by atoms with E-state index in [4.69, 9.17) is 15.6 Å². The molecule has 0 saturated carbocycles. The summed E-state index contributed by atoms with van der Waals surface area (Å²) in [5.74, 6) is -0.881. The van der Waals surface area contributed by atoms with Gasteiger partial charge in [0.1, 0.15) is 5.25 Å². The van der Waals surface area contributed by atoms with Crippen molar-refractivity contribution in [1.82, 2.24) is 0 Å². The Bertz CT molecular complexity index is 381. The summed E-state index contributed by atoms with van der Waals surface area (Å²) in [6.45, 7) is 2.05. The van der Waals surface area contributed by atoms with Gasteiger partial charge in [0.05, 0.1) is 6.61 Å². The Balaban J connectivity index is 2.85. The number of anilines is 1. The van der Waals surface area contributed by atoms with Crippen LogP contribution in [-0.4, -0.2) is 30.0 Å². The van der Waals surface area contributed by atoms with Crippen LogP contribution in [0.3, 0.4) is 0 Å². The van der Waals surface area contributed by atoms with Crippen LogP contribution in [0.5, 0.6) is 0 Å². The topological polar surface area (TPSA) is 72.5 Å². The monoisotopic (exact) mass is 241 g/mol. The van der Waals surface area contributed by atoms with Crippen LogP contribution < -0.4 is 5.73 Å². The maximum atomic E-state index is 11.0. The molecule has 4 nitrogen and oxygen atoms in total. The minimum absolute atomic E-state index is 0.175. The fraction of sp³-hybridized carbons (Fsp3) is 0.364. The van der Waals surface area contributed by atoms with Gasteiger partial charge in [-0.2, -0.15) is 0 Å². The van der Waals surface area contributed by atoms with Crippen LogP contribution in [0.25, 0.3) is 0 Å². The van der Waals surface area contributed by atoms with Gasteiger partial charge < -0.3 is 15.6 Å². The molecule has 0 saturated heterocycles. The average molecular weight is 241 g/mol. The molecule has 88 valence electrons. The number of nitrogen functional groups attached to an aromatic ring is 1. The number of carboxylic acid groups (broad SMARTS) is 1. The number of carboxylic acids is 1. The van der Waals surface area contributed by atoms with Gasteiger partial charge in [-0.15, -0.1) is 11.8 Å². The number of methoxy groups -OCH3 is 1. The van der Waals surface area contributed by atoms with Crippen molar-refractivity contribution in [2.75, 3.05) is 19.5 Å². The average Bonchev–Trinajstić information content (AvgIpc) is 2.23. The number of rotatable bonds is 5. The van der Waals surface area contributed by atoms with Gasteiger partial charge in [-0.1, -0.05) is 6.07 Å². The zero-order valence-corrected chi connectivity index (χ0v) is 10.1. The van der Waals surface area contributed by atoms with E-state index < -0.39 is 11.2 Å². The van der Waals surface area contributed by atoms with E-state index in [2.05, 4.69) is 0 Å². The highest BCUT2D eigenvalue weighted by atomic mass is 32.2. The summed E-state index contributed by atoms with van der Waals surface area (Å²) >= 11 is 1.26. The second-order valence-corrected chi connectivity index (χ2v) is 4.62. The van der Waals surface area contributed by atoms with Crippen LogP contribution in [0.15, 0.2) is 23.1 Å². The van der Waals surface area contributed by atoms with Crippen LogP contribution >= 0.6 is 11.8 Å². The van der Waals surface area contributed by atoms with Crippen LogP contribution in [-0.2, 0) is 9.53 Å². The highest BCUT2D eigenvalue weighted by molar-refractivity contribution is 8.00. The number of benzene rings is 1. The van der Waals surface area contributed by atoms with Gasteiger partial charge >= 0.3 is 5.97 Å². The van der Waals surface area contributed by atoms with Crippen molar-refractivity contribution in [1.29, 1.82) is 0 Å². The molecule has 0 aliphatic heterocycles. The molecule has 0 amide bonds. The fourth-order valence-electron chi connectivity index (χ4n) is 1.22. The number of hydrogen-bond donors (Lipinski definition) is 2. The van der Waals surface area contributed by atoms with E-state index in [0.717, 1.165) is 10.5 Å². The predicted octanol–water partition coefficient (Wildman–Crippen LogP) is 1.77. The Morgan fingerprint density at radius 1 is 1.62 bits per heavy atom. The minimum Gasteiger partial charge on any atom is -0.480 e. The van der Waals surface area contributed by atoms with Gasteiger partial charge in [-0.25, -0.2) is 0 Å².